The summed E-state index contributed by atoms with van der Waals surface area (Å²) in [4.78, 5) is 4.20. The Kier molecular flexibility index (Phi) is 1.47. The molecule has 1 aromatic heterocycles. The molecule has 0 radical (unpaired) electrons. The second kappa shape index (κ2) is 2.48. The van der Waals surface area contributed by atoms with Crippen LogP contribution in [0.4, 0.5) is 5.69 Å². The third-order valence-electron chi connectivity index (χ3n) is 1.99. The highest BCUT2D eigenvalue weighted by atomic mass is 14.7. The van der Waals surface area contributed by atoms with Crippen LogP contribution in [0.5, 0.6) is 0 Å². The van der Waals surface area contributed by atoms with Crippen LogP contribution in [0.15, 0.2) is 30.5 Å². The fourth-order valence-corrected chi connectivity index (χ4v) is 1.35. The van der Waals surface area contributed by atoms with Crippen molar-refractivity contribution in [1.82, 2.24) is 4.98 Å². The van der Waals surface area contributed by atoms with Gasteiger partial charge in [0.05, 0.1) is 0 Å². The fourth-order valence-electron chi connectivity index (χ4n) is 1.35. The van der Waals surface area contributed by atoms with Crippen molar-refractivity contribution in [1.29, 1.82) is 0 Å². The summed E-state index contributed by atoms with van der Waals surface area (Å²) >= 11 is 0. The van der Waals surface area contributed by atoms with Crippen molar-refractivity contribution < 1.29 is 0 Å². The van der Waals surface area contributed by atoms with Gasteiger partial charge in [-0.3, -0.25) is 4.98 Å². The zero-order valence-electron chi connectivity index (χ0n) is 6.91. The van der Waals surface area contributed by atoms with Gasteiger partial charge in [-0.2, -0.15) is 0 Å². The van der Waals surface area contributed by atoms with Gasteiger partial charge in [0, 0.05) is 23.0 Å². The first kappa shape index (κ1) is 7.10. The summed E-state index contributed by atoms with van der Waals surface area (Å²) in [6.45, 7) is 2.00. The van der Waals surface area contributed by atoms with Gasteiger partial charge >= 0.3 is 0 Å². The van der Waals surface area contributed by atoms with Crippen LogP contribution >= 0.6 is 0 Å². The molecule has 0 fully saturated rings. The maximum Gasteiger partial charge on any atom is 0.0450 e. The molecule has 2 nitrogen and oxygen atoms in total. The first-order valence-electron chi connectivity index (χ1n) is 3.88. The first-order chi connectivity index (χ1) is 5.77. The van der Waals surface area contributed by atoms with E-state index in [4.69, 9.17) is 5.73 Å². The number of anilines is 1. The summed E-state index contributed by atoms with van der Waals surface area (Å²) in [6.07, 6.45) is 1.80. The van der Waals surface area contributed by atoms with E-state index in [0.29, 0.717) is 0 Å². The highest BCUT2D eigenvalue weighted by Gasteiger charge is 1.96. The Balaban J connectivity index is 2.86. The van der Waals surface area contributed by atoms with Crippen LogP contribution in [-0.2, 0) is 0 Å². The molecule has 0 bridgehead atoms. The number of fused-ring (bicyclic) bond motifs is 1. The third-order valence-corrected chi connectivity index (χ3v) is 1.99. The quantitative estimate of drug-likeness (QED) is 0.596. The van der Waals surface area contributed by atoms with Gasteiger partial charge in [0.15, 0.2) is 0 Å². The number of hydrogen-bond donors (Lipinski definition) is 1. The molecule has 0 saturated carbocycles. The minimum absolute atomic E-state index is 0.799. The molecule has 0 amide bonds. The molecule has 12 heavy (non-hydrogen) atoms. The number of aromatic nitrogens is 1. The summed E-state index contributed by atoms with van der Waals surface area (Å²) in [6, 6.07) is 7.84. The number of hydrogen-bond acceptors (Lipinski definition) is 2. The van der Waals surface area contributed by atoms with E-state index < -0.39 is 0 Å². The Morgan fingerprint density at radius 1 is 1.25 bits per heavy atom. The minimum atomic E-state index is 0.799. The molecule has 0 spiro atoms. The Morgan fingerprint density at radius 2 is 2.08 bits per heavy atom. The fraction of sp³-hybridized carbons (Fsp3) is 0.100. The van der Waals surface area contributed by atoms with Gasteiger partial charge in [0.1, 0.15) is 0 Å². The Morgan fingerprint density at radius 3 is 2.92 bits per heavy atom. The third kappa shape index (κ3) is 1.01. The maximum absolute atomic E-state index is 5.65. The molecule has 2 aromatic rings. The summed E-state index contributed by atoms with van der Waals surface area (Å²) in [5, 5.41) is 2.33. The molecule has 1 heterocycles. The standard InChI is InChI=1S/C10H10N2/c1-7-10-3-2-9(11)6-8(10)4-5-12-7/h2-6H,11H2,1H3. The number of aryl methyl sites for hydroxylation is 1. The molecule has 2 heteroatoms. The molecule has 1 aromatic carbocycles. The van der Waals surface area contributed by atoms with Crippen LogP contribution in [0.2, 0.25) is 0 Å². The zero-order valence-corrected chi connectivity index (χ0v) is 6.91. The van der Waals surface area contributed by atoms with E-state index in [-0.39, 0.29) is 0 Å². The summed E-state index contributed by atoms with van der Waals surface area (Å²) < 4.78 is 0. The predicted octanol–water partition coefficient (Wildman–Crippen LogP) is 2.13. The number of benzene rings is 1. The van der Waals surface area contributed by atoms with E-state index >= 15 is 0 Å². The van der Waals surface area contributed by atoms with E-state index in [1.165, 1.54) is 5.39 Å². The minimum Gasteiger partial charge on any atom is -0.399 e. The zero-order chi connectivity index (χ0) is 8.55. The average Bonchev–Trinajstić information content (AvgIpc) is 2.04. The lowest BCUT2D eigenvalue weighted by Gasteiger charge is -2.00. The van der Waals surface area contributed by atoms with E-state index in [1.54, 1.807) is 6.20 Å². The number of nitrogens with zero attached hydrogens (tertiary/aromatic N) is 1. The Labute approximate surface area is 71.0 Å². The number of pyridine rings is 1. The molecule has 2 N–H and O–H groups in total. The number of nitrogen functional groups attached to an aromatic ring is 1. The molecule has 0 aliphatic carbocycles. The second-order valence-corrected chi connectivity index (χ2v) is 2.88. The van der Waals surface area contributed by atoms with Gasteiger partial charge < -0.3 is 5.73 Å². The van der Waals surface area contributed by atoms with Crippen LogP contribution < -0.4 is 5.73 Å². The topological polar surface area (TPSA) is 38.9 Å². The molecule has 2 rings (SSSR count). The van der Waals surface area contributed by atoms with Crippen LogP contribution in [0.25, 0.3) is 10.8 Å². The molecule has 60 valence electrons. The van der Waals surface area contributed by atoms with E-state index in [1.807, 2.05) is 31.2 Å². The van der Waals surface area contributed by atoms with Crippen LogP contribution in [0.3, 0.4) is 0 Å². The van der Waals surface area contributed by atoms with E-state index in [0.717, 1.165) is 16.8 Å². The SMILES string of the molecule is Cc1nccc2cc(N)ccc12. The highest BCUT2D eigenvalue weighted by Crippen LogP contribution is 2.18. The maximum atomic E-state index is 5.65. The van der Waals surface area contributed by atoms with Gasteiger partial charge in [-0.15, -0.1) is 0 Å². The lowest BCUT2D eigenvalue weighted by Crippen LogP contribution is -1.86. The van der Waals surface area contributed by atoms with Crippen molar-refractivity contribution in [2.24, 2.45) is 0 Å². The first-order valence-corrected chi connectivity index (χ1v) is 3.88. The monoisotopic (exact) mass is 158 g/mol. The van der Waals surface area contributed by atoms with Gasteiger partial charge in [-0.25, -0.2) is 0 Å². The van der Waals surface area contributed by atoms with Crippen LogP contribution in [0.1, 0.15) is 5.69 Å². The van der Waals surface area contributed by atoms with Crippen LogP contribution in [0, 0.1) is 6.92 Å². The van der Waals surface area contributed by atoms with E-state index in [9.17, 15) is 0 Å². The van der Waals surface area contributed by atoms with Gasteiger partial charge in [0.25, 0.3) is 0 Å². The molecule has 0 aliphatic heterocycles. The largest absolute Gasteiger partial charge is 0.399 e. The molecule has 0 unspecified atom stereocenters. The molecule has 0 saturated heterocycles. The number of nitrogens with two attached hydrogens (primary N) is 1. The van der Waals surface area contributed by atoms with Crippen molar-refractivity contribution in [3.8, 4) is 0 Å². The average molecular weight is 158 g/mol. The van der Waals surface area contributed by atoms with Crippen molar-refractivity contribution >= 4 is 16.5 Å². The molecule has 0 aliphatic rings. The van der Waals surface area contributed by atoms with Crippen LogP contribution in [-0.4, -0.2) is 4.98 Å². The van der Waals surface area contributed by atoms with Gasteiger partial charge in [-0.1, -0.05) is 6.07 Å². The van der Waals surface area contributed by atoms with Gasteiger partial charge in [0.2, 0.25) is 0 Å². The van der Waals surface area contributed by atoms with Gasteiger partial charge in [-0.05, 0) is 30.5 Å². The Bertz CT molecular complexity index is 421. The highest BCUT2D eigenvalue weighted by molar-refractivity contribution is 5.86. The molecular formula is C10H10N2. The van der Waals surface area contributed by atoms with Crippen molar-refractivity contribution in [2.45, 2.75) is 6.92 Å². The molecule has 0 atom stereocenters. The molecular weight excluding hydrogens is 148 g/mol. The summed E-state index contributed by atoms with van der Waals surface area (Å²) in [5.74, 6) is 0. The van der Waals surface area contributed by atoms with Crippen molar-refractivity contribution in [3.63, 3.8) is 0 Å². The smallest absolute Gasteiger partial charge is 0.0450 e. The number of rotatable bonds is 0. The summed E-state index contributed by atoms with van der Waals surface area (Å²) in [5.41, 5.74) is 7.50. The van der Waals surface area contributed by atoms with Crippen molar-refractivity contribution in [3.05, 3.63) is 36.2 Å². The lowest BCUT2D eigenvalue weighted by molar-refractivity contribution is 1.24. The normalized spacial score (nSPS) is 10.4. The lowest BCUT2D eigenvalue weighted by atomic mass is 10.1. The summed E-state index contributed by atoms with van der Waals surface area (Å²) in [7, 11) is 0. The van der Waals surface area contributed by atoms with E-state index in [2.05, 4.69) is 4.98 Å². The Hall–Kier alpha value is -1.57. The second-order valence-electron chi connectivity index (χ2n) is 2.88. The predicted molar refractivity (Wildman–Crippen MR) is 50.9 cm³/mol. The van der Waals surface area contributed by atoms with Crippen molar-refractivity contribution in [2.75, 3.05) is 5.73 Å².